The van der Waals surface area contributed by atoms with Crippen molar-refractivity contribution in [2.45, 2.75) is 0 Å². The molecule has 3 nitrogen and oxygen atoms in total. The summed E-state index contributed by atoms with van der Waals surface area (Å²) in [7, 11) is 1.34. The highest BCUT2D eigenvalue weighted by atomic mass is 35.5. The zero-order chi connectivity index (χ0) is 4.28. The van der Waals surface area contributed by atoms with Crippen molar-refractivity contribution in [3.05, 3.63) is 0 Å². The topological polar surface area (TPSA) is 52.2 Å². The van der Waals surface area contributed by atoms with Crippen LogP contribution in [-0.4, -0.2) is 15.8 Å². The monoisotopic (exact) mass is 166 g/mol. The van der Waals surface area contributed by atoms with Crippen LogP contribution in [0.3, 0.4) is 0 Å². The lowest BCUT2D eigenvalue weighted by Crippen LogP contribution is -2.07. The molecule has 0 aliphatic carbocycles. The Morgan fingerprint density at radius 3 is 1.71 bits per heavy atom. The molecule has 1 N–H and O–H groups in total. The van der Waals surface area contributed by atoms with E-state index in [0.717, 1.165) is 0 Å². The third-order valence-electron chi connectivity index (χ3n) is 0.167. The minimum atomic E-state index is -2.07. The van der Waals surface area contributed by atoms with Gasteiger partial charge in [-0.25, -0.2) is 0 Å². The first kappa shape index (κ1) is 15.6. The van der Waals surface area contributed by atoms with Gasteiger partial charge in [0.05, 0.1) is 0 Å². The molecule has 0 amide bonds. The van der Waals surface area contributed by atoms with Crippen LogP contribution in [0.4, 0.5) is 0 Å². The smallest absolute Gasteiger partial charge is 0.0178 e. The van der Waals surface area contributed by atoms with Crippen LogP contribution in [0.2, 0.25) is 0 Å². The van der Waals surface area contributed by atoms with E-state index in [0.29, 0.717) is 0 Å². The minimum Gasteiger partial charge on any atom is -0.760 e. The van der Waals surface area contributed by atoms with Crippen LogP contribution in [-0.2, 0) is 11.3 Å². The highest BCUT2D eigenvalue weighted by Gasteiger charge is 1.57. The van der Waals surface area contributed by atoms with Crippen molar-refractivity contribution in [2.24, 2.45) is 0 Å². The van der Waals surface area contributed by atoms with Gasteiger partial charge in [-0.2, -0.15) is 0 Å². The lowest BCUT2D eigenvalue weighted by molar-refractivity contribution is 0.529. The third-order valence-corrected chi connectivity index (χ3v) is 0.500. The highest BCUT2D eigenvalue weighted by molar-refractivity contribution is 7.77. The van der Waals surface area contributed by atoms with Gasteiger partial charge in [-0.1, -0.05) is 0 Å². The maximum atomic E-state index is 9.26. The van der Waals surface area contributed by atoms with Gasteiger partial charge in [0.15, 0.2) is 0 Å². The Kier molecular flexibility index (Phi) is 21.9. The maximum absolute atomic E-state index is 9.26. The quantitative estimate of drug-likeness (QED) is 0.552. The van der Waals surface area contributed by atoms with Gasteiger partial charge in [0, 0.05) is 11.3 Å². The summed E-state index contributed by atoms with van der Waals surface area (Å²) in [5.74, 6) is 0. The van der Waals surface area contributed by atoms with E-state index in [9.17, 15) is 8.76 Å². The molecule has 7 heavy (non-hydrogen) atoms. The minimum absolute atomic E-state index is 0. The summed E-state index contributed by atoms with van der Waals surface area (Å²) in [4.78, 5) is 0. The van der Waals surface area contributed by atoms with E-state index in [4.69, 9.17) is 0 Å². The third kappa shape index (κ3) is 20.5. The van der Waals surface area contributed by atoms with Crippen LogP contribution in [0.1, 0.15) is 0 Å². The first-order chi connectivity index (χ1) is 2.27. The standard InChI is InChI=1S/CH5NO2S.2ClH/c1-2-5(3)4;;/h2H,1H3,(H,3,4);2*1H/p-1. The zero-order valence-electron chi connectivity index (χ0n) is 3.54. The van der Waals surface area contributed by atoms with Crippen LogP contribution >= 0.6 is 24.8 Å². The van der Waals surface area contributed by atoms with Crippen molar-refractivity contribution < 1.29 is 8.76 Å². The van der Waals surface area contributed by atoms with E-state index in [-0.39, 0.29) is 24.8 Å². The maximum Gasteiger partial charge on any atom is 0.0178 e. The molecule has 0 rings (SSSR count). The predicted molar refractivity (Wildman–Crippen MR) is 32.5 cm³/mol. The molecule has 0 heterocycles. The Balaban J connectivity index is -0.0000000800. The van der Waals surface area contributed by atoms with Gasteiger partial charge in [0.2, 0.25) is 0 Å². The van der Waals surface area contributed by atoms with Crippen molar-refractivity contribution in [1.82, 2.24) is 4.72 Å². The Morgan fingerprint density at radius 1 is 1.57 bits per heavy atom. The fourth-order valence-corrected chi connectivity index (χ4v) is 0. The number of hydrogen-bond donors (Lipinski definition) is 1. The van der Waals surface area contributed by atoms with Crippen molar-refractivity contribution in [3.63, 3.8) is 0 Å². The summed E-state index contributed by atoms with van der Waals surface area (Å²) in [5, 5.41) is 0. The van der Waals surface area contributed by atoms with Crippen molar-refractivity contribution in [2.75, 3.05) is 7.05 Å². The van der Waals surface area contributed by atoms with Gasteiger partial charge in [-0.3, -0.25) is 8.93 Å². The molecule has 0 aliphatic heterocycles. The summed E-state index contributed by atoms with van der Waals surface area (Å²) in [5.41, 5.74) is 0. The van der Waals surface area contributed by atoms with Crippen molar-refractivity contribution >= 4 is 36.1 Å². The van der Waals surface area contributed by atoms with Crippen LogP contribution < -0.4 is 4.72 Å². The molecule has 0 aromatic rings. The van der Waals surface area contributed by atoms with Crippen LogP contribution in [0.5, 0.6) is 0 Å². The average Bonchev–Trinajstić information content (AvgIpc) is 1.38. The van der Waals surface area contributed by atoms with E-state index in [1.54, 1.807) is 0 Å². The largest absolute Gasteiger partial charge is 0.760 e. The lowest BCUT2D eigenvalue weighted by atomic mass is 11.6. The molecular weight excluding hydrogens is 161 g/mol. The number of halogens is 2. The first-order valence-electron chi connectivity index (χ1n) is 1.04. The Morgan fingerprint density at radius 2 is 1.71 bits per heavy atom. The summed E-state index contributed by atoms with van der Waals surface area (Å²) < 4.78 is 20.5. The van der Waals surface area contributed by atoms with Crippen LogP contribution in [0.15, 0.2) is 0 Å². The second-order valence-electron chi connectivity index (χ2n) is 0.439. The molecule has 0 spiro atoms. The Labute approximate surface area is 57.1 Å². The Hall–Kier alpha value is 0.650. The lowest BCUT2D eigenvalue weighted by Gasteiger charge is -1.95. The van der Waals surface area contributed by atoms with Gasteiger partial charge >= 0.3 is 0 Å². The first-order valence-corrected chi connectivity index (χ1v) is 2.11. The molecule has 0 aromatic heterocycles. The molecule has 0 aromatic carbocycles. The molecule has 0 aliphatic rings. The number of hydrogen-bond acceptors (Lipinski definition) is 2. The van der Waals surface area contributed by atoms with E-state index in [1.165, 1.54) is 7.05 Å². The van der Waals surface area contributed by atoms with E-state index < -0.39 is 11.3 Å². The molecule has 6 heteroatoms. The zero-order valence-corrected chi connectivity index (χ0v) is 5.99. The SMILES string of the molecule is CNS(=O)[O-].Cl.Cl. The summed E-state index contributed by atoms with van der Waals surface area (Å²) in [6.45, 7) is 0. The number of rotatable bonds is 1. The van der Waals surface area contributed by atoms with E-state index >= 15 is 0 Å². The van der Waals surface area contributed by atoms with Crippen molar-refractivity contribution in [1.29, 1.82) is 0 Å². The highest BCUT2D eigenvalue weighted by Crippen LogP contribution is 1.47. The van der Waals surface area contributed by atoms with Gasteiger partial charge < -0.3 is 4.55 Å². The predicted octanol–water partition coefficient (Wildman–Crippen LogP) is -0.156. The van der Waals surface area contributed by atoms with Crippen LogP contribution in [0, 0.1) is 0 Å². The van der Waals surface area contributed by atoms with E-state index in [2.05, 4.69) is 0 Å². The second kappa shape index (κ2) is 9.82. The molecule has 0 saturated carbocycles. The molecule has 0 radical (unpaired) electrons. The molecule has 1 atom stereocenters. The van der Waals surface area contributed by atoms with E-state index in [1.807, 2.05) is 4.72 Å². The van der Waals surface area contributed by atoms with Gasteiger partial charge in [-0.15, -0.1) is 24.8 Å². The normalized spacial score (nSPS) is 10.6. The fraction of sp³-hybridized carbons (Fsp3) is 1.00. The van der Waals surface area contributed by atoms with Gasteiger partial charge in [0.25, 0.3) is 0 Å². The number of nitrogens with one attached hydrogen (secondary N) is 1. The van der Waals surface area contributed by atoms with Crippen LogP contribution in [0.25, 0.3) is 0 Å². The van der Waals surface area contributed by atoms with Gasteiger partial charge in [-0.05, 0) is 7.05 Å². The molecular formula is CH6Cl2NO2S-. The summed E-state index contributed by atoms with van der Waals surface area (Å²) in [6.07, 6.45) is 0. The fourth-order valence-electron chi connectivity index (χ4n) is 0. The Bertz CT molecular complexity index is 51.0. The molecule has 0 saturated heterocycles. The summed E-state index contributed by atoms with van der Waals surface area (Å²) >= 11 is -2.07. The molecule has 1 unspecified atom stereocenters. The summed E-state index contributed by atoms with van der Waals surface area (Å²) in [6, 6.07) is 0. The second-order valence-corrected chi connectivity index (χ2v) is 1.32. The molecule has 0 fully saturated rings. The molecule has 48 valence electrons. The van der Waals surface area contributed by atoms with Crippen molar-refractivity contribution in [3.8, 4) is 0 Å². The van der Waals surface area contributed by atoms with Gasteiger partial charge in [0.1, 0.15) is 0 Å². The average molecular weight is 167 g/mol. The molecule has 0 bridgehead atoms.